The number of rotatable bonds is 8. The van der Waals surface area contributed by atoms with Crippen LogP contribution in [0, 0.1) is 11.8 Å². The molecule has 5 heteroatoms. The van der Waals surface area contributed by atoms with Gasteiger partial charge in [-0.3, -0.25) is 0 Å². The minimum Gasteiger partial charge on any atom is -0.497 e. The predicted octanol–water partition coefficient (Wildman–Crippen LogP) is 8.71. The highest BCUT2D eigenvalue weighted by molar-refractivity contribution is 7.19. The second-order valence-corrected chi connectivity index (χ2v) is 10.7. The van der Waals surface area contributed by atoms with Crippen LogP contribution in [-0.4, -0.2) is 19.3 Å². The Morgan fingerprint density at radius 2 is 1.78 bits per heavy atom. The number of benzene rings is 1. The van der Waals surface area contributed by atoms with Gasteiger partial charge in [-0.15, -0.1) is 11.3 Å². The summed E-state index contributed by atoms with van der Waals surface area (Å²) in [5.41, 5.74) is 0. The number of allylic oxidation sites excluding steroid dienone is 2. The molecule has 2 fully saturated rings. The summed E-state index contributed by atoms with van der Waals surface area (Å²) in [4.78, 5) is 1.31. The van der Waals surface area contributed by atoms with E-state index in [1.54, 1.807) is 18.4 Å². The van der Waals surface area contributed by atoms with Crippen LogP contribution in [0.5, 0.6) is 5.75 Å². The van der Waals surface area contributed by atoms with Gasteiger partial charge in [0.05, 0.1) is 19.1 Å². The number of halogens is 2. The first-order valence-corrected chi connectivity index (χ1v) is 13.0. The molecule has 1 heterocycles. The van der Waals surface area contributed by atoms with Crippen molar-refractivity contribution < 1.29 is 18.3 Å². The molecule has 2 nitrogen and oxygen atoms in total. The van der Waals surface area contributed by atoms with Crippen LogP contribution >= 0.6 is 11.3 Å². The van der Waals surface area contributed by atoms with Crippen molar-refractivity contribution >= 4 is 21.4 Å². The first-order chi connectivity index (χ1) is 15.5. The summed E-state index contributed by atoms with van der Waals surface area (Å²) in [6.07, 6.45) is 9.54. The van der Waals surface area contributed by atoms with Crippen molar-refractivity contribution in [2.45, 2.75) is 89.3 Å². The lowest BCUT2D eigenvalue weighted by Crippen LogP contribution is -2.38. The normalized spacial score (nSPS) is 27.2. The highest BCUT2D eigenvalue weighted by Crippen LogP contribution is 2.46. The van der Waals surface area contributed by atoms with Crippen molar-refractivity contribution in [3.05, 3.63) is 41.3 Å². The van der Waals surface area contributed by atoms with Gasteiger partial charge in [0.1, 0.15) is 5.75 Å². The average molecular weight is 463 g/mol. The number of fused-ring (bicyclic) bond motifs is 1. The van der Waals surface area contributed by atoms with Gasteiger partial charge in [-0.25, -0.2) is 0 Å². The van der Waals surface area contributed by atoms with Gasteiger partial charge < -0.3 is 9.47 Å². The molecule has 2 saturated carbocycles. The molecule has 0 saturated heterocycles. The fraction of sp³-hybridized carbons (Fsp3) is 0.630. The Bertz CT molecular complexity index is 890. The summed E-state index contributed by atoms with van der Waals surface area (Å²) in [7, 11) is 1.68. The van der Waals surface area contributed by atoms with Crippen LogP contribution in [0.1, 0.15) is 81.9 Å². The van der Waals surface area contributed by atoms with Crippen molar-refractivity contribution in [2.24, 2.45) is 11.8 Å². The molecule has 0 unspecified atom stereocenters. The zero-order chi connectivity index (χ0) is 22.6. The largest absolute Gasteiger partial charge is 0.497 e. The summed E-state index contributed by atoms with van der Waals surface area (Å²) in [5, 5.41) is 1.21. The molecular formula is C27H36F2O2S. The van der Waals surface area contributed by atoms with Crippen LogP contribution < -0.4 is 4.74 Å². The predicted molar refractivity (Wildman–Crippen MR) is 129 cm³/mol. The van der Waals surface area contributed by atoms with Gasteiger partial charge in [0.2, 0.25) is 0 Å². The van der Waals surface area contributed by atoms with Crippen LogP contribution in [0.15, 0.2) is 36.4 Å². The van der Waals surface area contributed by atoms with Crippen molar-refractivity contribution in [3.8, 4) is 5.75 Å². The molecular weight excluding hydrogens is 426 g/mol. The van der Waals surface area contributed by atoms with Crippen molar-refractivity contribution in [2.75, 3.05) is 7.11 Å². The lowest BCUT2D eigenvalue weighted by atomic mass is 9.80. The molecule has 2 aromatic rings. The molecule has 0 radical (unpaired) electrons. The zero-order valence-electron chi connectivity index (χ0n) is 19.3. The third kappa shape index (κ3) is 5.72. The fourth-order valence-electron chi connectivity index (χ4n) is 5.43. The van der Waals surface area contributed by atoms with Gasteiger partial charge in [0.25, 0.3) is 0 Å². The molecule has 0 bridgehead atoms. The minimum absolute atomic E-state index is 0.279. The molecule has 1 aromatic heterocycles. The van der Waals surface area contributed by atoms with Crippen molar-refractivity contribution in [1.82, 2.24) is 0 Å². The van der Waals surface area contributed by atoms with E-state index in [0.717, 1.165) is 50.7 Å². The monoisotopic (exact) mass is 462 g/mol. The zero-order valence-corrected chi connectivity index (χ0v) is 20.1. The first-order valence-electron chi connectivity index (χ1n) is 12.2. The van der Waals surface area contributed by atoms with E-state index in [1.807, 2.05) is 13.0 Å². The van der Waals surface area contributed by atoms with E-state index >= 15 is 0 Å². The van der Waals surface area contributed by atoms with Gasteiger partial charge in [0.15, 0.2) is 0 Å². The van der Waals surface area contributed by atoms with Gasteiger partial charge in [-0.05, 0) is 113 Å². The number of ether oxygens (including phenoxy) is 2. The summed E-state index contributed by atoms with van der Waals surface area (Å²) in [6, 6.07) is 8.35. The number of alkyl halides is 2. The number of hydrogen-bond donors (Lipinski definition) is 0. The van der Waals surface area contributed by atoms with Gasteiger partial charge in [0, 0.05) is 9.58 Å². The van der Waals surface area contributed by atoms with Crippen LogP contribution in [0.25, 0.3) is 10.1 Å². The summed E-state index contributed by atoms with van der Waals surface area (Å²) >= 11 is 1.77. The molecule has 32 heavy (non-hydrogen) atoms. The Balaban J connectivity index is 1.27. The van der Waals surface area contributed by atoms with Gasteiger partial charge in [-0.1, -0.05) is 12.2 Å². The second-order valence-electron chi connectivity index (χ2n) is 9.57. The number of thiophene rings is 1. The fourth-order valence-corrected chi connectivity index (χ4v) is 6.69. The smallest absolute Gasteiger partial charge is 0.358 e. The maximum atomic E-state index is 15.0. The number of hydrogen-bond acceptors (Lipinski definition) is 3. The van der Waals surface area contributed by atoms with Crippen LogP contribution in [0.3, 0.4) is 0 Å². The molecule has 1 aromatic carbocycles. The van der Waals surface area contributed by atoms with Crippen molar-refractivity contribution in [1.29, 1.82) is 0 Å². The van der Waals surface area contributed by atoms with Crippen LogP contribution in [0.2, 0.25) is 0 Å². The Hall–Kier alpha value is -1.46. The third-order valence-electron chi connectivity index (χ3n) is 7.45. The quantitative estimate of drug-likeness (QED) is 0.365. The average Bonchev–Trinajstić information content (AvgIpc) is 3.23. The molecule has 0 amide bonds. The van der Waals surface area contributed by atoms with E-state index in [0.29, 0.717) is 24.7 Å². The van der Waals surface area contributed by atoms with E-state index in [1.165, 1.54) is 21.4 Å². The first kappa shape index (κ1) is 23.7. The standard InChI is InChI=1S/C27H36F2O2S/c1-3-4-5-6-19-7-14-23(15-8-19)31-27(28,29)22-12-9-20(10-13-22)25-17-21-11-16-24(30-2)18-26(21)32-25/h3-4,11,16-20,22-23H,5-10,12-15H2,1-2H3/b4-3+. The lowest BCUT2D eigenvalue weighted by Gasteiger charge is -2.37. The van der Waals surface area contributed by atoms with E-state index in [4.69, 9.17) is 9.47 Å². The summed E-state index contributed by atoms with van der Waals surface area (Å²) in [5.74, 6) is 1.24. The maximum Gasteiger partial charge on any atom is 0.358 e. The highest BCUT2D eigenvalue weighted by Gasteiger charge is 2.45. The van der Waals surface area contributed by atoms with Gasteiger partial charge >= 0.3 is 6.11 Å². The summed E-state index contributed by atoms with van der Waals surface area (Å²) < 4.78 is 41.9. The molecule has 2 aliphatic carbocycles. The van der Waals surface area contributed by atoms with Crippen LogP contribution in [0.4, 0.5) is 8.78 Å². The van der Waals surface area contributed by atoms with E-state index in [-0.39, 0.29) is 6.10 Å². The number of methoxy groups -OCH3 is 1. The molecule has 0 aliphatic heterocycles. The minimum atomic E-state index is -3.00. The summed E-state index contributed by atoms with van der Waals surface area (Å²) in [6.45, 7) is 2.04. The lowest BCUT2D eigenvalue weighted by molar-refractivity contribution is -0.301. The molecule has 2 aliphatic rings. The molecule has 0 N–H and O–H groups in total. The molecule has 4 rings (SSSR count). The molecule has 0 spiro atoms. The van der Waals surface area contributed by atoms with E-state index in [2.05, 4.69) is 30.4 Å². The Labute approximate surface area is 195 Å². The Kier molecular flexibility index (Phi) is 7.88. The highest BCUT2D eigenvalue weighted by atomic mass is 32.1. The molecule has 0 atom stereocenters. The van der Waals surface area contributed by atoms with E-state index in [9.17, 15) is 8.78 Å². The van der Waals surface area contributed by atoms with Crippen molar-refractivity contribution in [3.63, 3.8) is 0 Å². The maximum absolute atomic E-state index is 15.0. The Morgan fingerprint density at radius 3 is 2.47 bits per heavy atom. The topological polar surface area (TPSA) is 18.5 Å². The third-order valence-corrected chi connectivity index (χ3v) is 8.71. The second kappa shape index (κ2) is 10.6. The van der Waals surface area contributed by atoms with E-state index < -0.39 is 12.0 Å². The Morgan fingerprint density at radius 1 is 1.03 bits per heavy atom. The van der Waals surface area contributed by atoms with Crippen LogP contribution in [-0.2, 0) is 4.74 Å². The van der Waals surface area contributed by atoms with Gasteiger partial charge in [-0.2, -0.15) is 8.78 Å². The molecule has 176 valence electrons. The SMILES string of the molecule is C/C=C/CCC1CCC(OC(F)(F)C2CCC(c3cc4ccc(OC)cc4s3)CC2)CC1.